The summed E-state index contributed by atoms with van der Waals surface area (Å²) in [5.74, 6) is -0.224. The number of epoxide rings is 1. The molecule has 0 saturated carbocycles. The number of hydrogen-bond acceptors (Lipinski definition) is 7. The van der Waals surface area contributed by atoms with E-state index < -0.39 is 24.4 Å². The van der Waals surface area contributed by atoms with Crippen molar-refractivity contribution in [3.63, 3.8) is 0 Å². The van der Waals surface area contributed by atoms with Crippen molar-refractivity contribution in [2.45, 2.75) is 70.2 Å². The summed E-state index contributed by atoms with van der Waals surface area (Å²) in [6, 6.07) is 3.62. The van der Waals surface area contributed by atoms with Crippen LogP contribution >= 0.6 is 11.3 Å². The van der Waals surface area contributed by atoms with E-state index in [-0.39, 0.29) is 29.8 Å². The Morgan fingerprint density at radius 3 is 2.71 bits per heavy atom. The summed E-state index contributed by atoms with van der Waals surface area (Å²) in [6.45, 7) is 5.86. The molecule has 2 saturated heterocycles. The SMILES string of the molecule is C/C(=C\C(=O)c1cccs1)C[C@@H]1OC[C@H](C[C@@H]2O[C@H]2[C@@H](C)[C@H](C)O)[C@@H](O)[C@H]1O. The van der Waals surface area contributed by atoms with Crippen LogP contribution in [0.4, 0.5) is 0 Å². The number of thiophene rings is 1. The number of ketones is 1. The molecule has 3 rings (SSSR count). The third kappa shape index (κ3) is 5.09. The van der Waals surface area contributed by atoms with Gasteiger partial charge in [0.25, 0.3) is 0 Å². The number of allylic oxidation sites excluding steroid dienone is 1. The zero-order chi connectivity index (χ0) is 20.4. The van der Waals surface area contributed by atoms with Crippen molar-refractivity contribution in [1.82, 2.24) is 0 Å². The van der Waals surface area contributed by atoms with Crippen molar-refractivity contribution < 1.29 is 29.6 Å². The molecule has 0 unspecified atom stereocenters. The van der Waals surface area contributed by atoms with Crippen LogP contribution < -0.4 is 0 Å². The van der Waals surface area contributed by atoms with Gasteiger partial charge in [-0.3, -0.25) is 4.79 Å². The van der Waals surface area contributed by atoms with Crippen LogP contribution in [0.1, 0.15) is 43.3 Å². The first-order chi connectivity index (χ1) is 13.3. The molecule has 156 valence electrons. The van der Waals surface area contributed by atoms with Gasteiger partial charge in [0, 0.05) is 11.8 Å². The van der Waals surface area contributed by atoms with Gasteiger partial charge in [-0.1, -0.05) is 18.6 Å². The lowest BCUT2D eigenvalue weighted by Crippen LogP contribution is -2.50. The molecule has 0 spiro atoms. The summed E-state index contributed by atoms with van der Waals surface area (Å²) >= 11 is 1.39. The quantitative estimate of drug-likeness (QED) is 0.345. The van der Waals surface area contributed by atoms with Gasteiger partial charge in [0.1, 0.15) is 6.10 Å². The van der Waals surface area contributed by atoms with Gasteiger partial charge in [0.15, 0.2) is 5.78 Å². The monoisotopic (exact) mass is 410 g/mol. The smallest absolute Gasteiger partial charge is 0.195 e. The number of carbonyl (C=O) groups excluding carboxylic acids is 1. The maximum Gasteiger partial charge on any atom is 0.195 e. The lowest BCUT2D eigenvalue weighted by molar-refractivity contribution is -0.165. The van der Waals surface area contributed by atoms with Crippen molar-refractivity contribution in [2.75, 3.05) is 6.61 Å². The molecule has 0 aromatic carbocycles. The number of aliphatic hydroxyl groups excluding tert-OH is 3. The first-order valence-corrected chi connectivity index (χ1v) is 10.7. The molecule has 0 amide bonds. The van der Waals surface area contributed by atoms with Gasteiger partial charge < -0.3 is 24.8 Å². The minimum absolute atomic E-state index is 0.00416. The van der Waals surface area contributed by atoms with Crippen molar-refractivity contribution >= 4 is 17.1 Å². The standard InChI is InChI=1S/C21H30O6S/c1-11(7-15(23)18-5-4-6-28-18)8-16-20(25)19(24)14(10-26-16)9-17-21(27-17)12(2)13(3)22/h4-7,12-14,16-17,19-22,24-25H,8-10H2,1-3H3/b11-7+/t12-,13-,14-,16-,17-,19+,20-,21-/m0/s1. The molecule has 3 N–H and O–H groups in total. The van der Waals surface area contributed by atoms with E-state index in [0.29, 0.717) is 24.3 Å². The highest BCUT2D eigenvalue weighted by Gasteiger charge is 2.48. The summed E-state index contributed by atoms with van der Waals surface area (Å²) in [7, 11) is 0. The lowest BCUT2D eigenvalue weighted by atomic mass is 9.85. The zero-order valence-corrected chi connectivity index (χ0v) is 17.3. The fourth-order valence-electron chi connectivity index (χ4n) is 3.80. The van der Waals surface area contributed by atoms with E-state index in [1.165, 1.54) is 11.3 Å². The molecule has 3 heterocycles. The van der Waals surface area contributed by atoms with Gasteiger partial charge in [0.2, 0.25) is 0 Å². The minimum Gasteiger partial charge on any atom is -0.393 e. The summed E-state index contributed by atoms with van der Waals surface area (Å²) in [5.41, 5.74) is 0.810. The Morgan fingerprint density at radius 1 is 1.32 bits per heavy atom. The Morgan fingerprint density at radius 2 is 2.07 bits per heavy atom. The second-order valence-corrected chi connectivity index (χ2v) is 9.07. The predicted molar refractivity (Wildman–Crippen MR) is 106 cm³/mol. The van der Waals surface area contributed by atoms with Crippen LogP contribution in [0.5, 0.6) is 0 Å². The van der Waals surface area contributed by atoms with Gasteiger partial charge >= 0.3 is 0 Å². The third-order valence-corrected chi connectivity index (χ3v) is 6.72. The molecule has 2 fully saturated rings. The number of hydrogen-bond donors (Lipinski definition) is 3. The highest BCUT2D eigenvalue weighted by Crippen LogP contribution is 2.38. The fraction of sp³-hybridized carbons (Fsp3) is 0.667. The molecule has 2 aliphatic heterocycles. The van der Waals surface area contributed by atoms with Crippen LogP contribution in [0, 0.1) is 11.8 Å². The minimum atomic E-state index is -1.01. The van der Waals surface area contributed by atoms with Gasteiger partial charge in [-0.15, -0.1) is 11.3 Å². The summed E-state index contributed by atoms with van der Waals surface area (Å²) in [5, 5.41) is 32.6. The number of aliphatic hydroxyl groups is 3. The first kappa shape index (κ1) is 21.6. The van der Waals surface area contributed by atoms with E-state index in [9.17, 15) is 20.1 Å². The van der Waals surface area contributed by atoms with Crippen molar-refractivity contribution in [3.8, 4) is 0 Å². The average molecular weight is 411 g/mol. The van der Waals surface area contributed by atoms with Gasteiger partial charge in [-0.05, 0) is 44.2 Å². The Kier molecular flexibility index (Phi) is 7.07. The Bertz CT molecular complexity index is 685. The molecule has 6 nitrogen and oxygen atoms in total. The molecule has 8 atom stereocenters. The van der Waals surface area contributed by atoms with E-state index >= 15 is 0 Å². The average Bonchev–Trinajstić information content (AvgIpc) is 3.17. The van der Waals surface area contributed by atoms with E-state index in [4.69, 9.17) is 9.47 Å². The Balaban J connectivity index is 1.50. The predicted octanol–water partition coefficient (Wildman–Crippen LogP) is 2.18. The van der Waals surface area contributed by atoms with Crippen LogP contribution in [0.2, 0.25) is 0 Å². The van der Waals surface area contributed by atoms with Crippen LogP contribution in [0.15, 0.2) is 29.2 Å². The molecule has 0 aliphatic carbocycles. The summed E-state index contributed by atoms with van der Waals surface area (Å²) in [6.07, 6.45) is -0.341. The van der Waals surface area contributed by atoms with Crippen LogP contribution in [-0.4, -0.2) is 64.3 Å². The molecule has 7 heteroatoms. The lowest BCUT2D eigenvalue weighted by Gasteiger charge is -2.38. The fourth-order valence-corrected chi connectivity index (χ4v) is 4.44. The van der Waals surface area contributed by atoms with Crippen molar-refractivity contribution in [3.05, 3.63) is 34.0 Å². The second kappa shape index (κ2) is 9.15. The maximum atomic E-state index is 12.2. The molecular weight excluding hydrogens is 380 g/mol. The first-order valence-electron chi connectivity index (χ1n) is 9.84. The molecule has 2 aliphatic rings. The third-order valence-electron chi connectivity index (χ3n) is 5.84. The molecule has 1 aromatic heterocycles. The Hall–Kier alpha value is -1.09. The second-order valence-electron chi connectivity index (χ2n) is 8.12. The molecule has 0 radical (unpaired) electrons. The van der Waals surface area contributed by atoms with Crippen molar-refractivity contribution in [2.24, 2.45) is 11.8 Å². The van der Waals surface area contributed by atoms with Gasteiger partial charge in [0.05, 0.1) is 42.0 Å². The molecule has 28 heavy (non-hydrogen) atoms. The number of carbonyl (C=O) groups is 1. The Labute approximate surface area is 169 Å². The van der Waals surface area contributed by atoms with Gasteiger partial charge in [-0.2, -0.15) is 0 Å². The van der Waals surface area contributed by atoms with E-state index in [0.717, 1.165) is 5.57 Å². The highest BCUT2D eigenvalue weighted by atomic mass is 32.1. The van der Waals surface area contributed by atoms with E-state index in [1.807, 2.05) is 25.3 Å². The van der Waals surface area contributed by atoms with Crippen LogP contribution in [0.3, 0.4) is 0 Å². The topological polar surface area (TPSA) is 99.5 Å². The van der Waals surface area contributed by atoms with Crippen molar-refractivity contribution in [1.29, 1.82) is 0 Å². The zero-order valence-electron chi connectivity index (χ0n) is 16.5. The van der Waals surface area contributed by atoms with Crippen LogP contribution in [-0.2, 0) is 9.47 Å². The molecule has 1 aromatic rings. The summed E-state index contributed by atoms with van der Waals surface area (Å²) in [4.78, 5) is 12.8. The van der Waals surface area contributed by atoms with E-state index in [2.05, 4.69) is 0 Å². The summed E-state index contributed by atoms with van der Waals surface area (Å²) < 4.78 is 11.5. The van der Waals surface area contributed by atoms with E-state index in [1.54, 1.807) is 19.1 Å². The molecule has 0 bridgehead atoms. The highest BCUT2D eigenvalue weighted by molar-refractivity contribution is 7.12. The van der Waals surface area contributed by atoms with Gasteiger partial charge in [-0.25, -0.2) is 0 Å². The molecular formula is C21H30O6S. The largest absolute Gasteiger partial charge is 0.393 e. The normalized spacial score (nSPS) is 35.4. The number of rotatable bonds is 8. The van der Waals surface area contributed by atoms with Crippen LogP contribution in [0.25, 0.3) is 0 Å². The number of ether oxygens (including phenoxy) is 2. The maximum absolute atomic E-state index is 12.2.